The van der Waals surface area contributed by atoms with Crippen LogP contribution >= 0.6 is 0 Å². The van der Waals surface area contributed by atoms with Crippen LogP contribution in [-0.2, 0) is 14.0 Å². The van der Waals surface area contributed by atoms with Gasteiger partial charge in [-0.1, -0.05) is 114 Å². The molecule has 0 N–H and O–H groups in total. The lowest BCUT2D eigenvalue weighted by Crippen LogP contribution is -2.68. The molecule has 0 radical (unpaired) electrons. The van der Waals surface area contributed by atoms with Crippen molar-refractivity contribution >= 4 is 24.5 Å². The number of hydrogen-bond donors (Lipinski definition) is 0. The predicted molar refractivity (Wildman–Crippen MR) is 151 cm³/mol. The summed E-state index contributed by atoms with van der Waals surface area (Å²) in [6, 6.07) is 21.8. The fourth-order valence-electron chi connectivity index (χ4n) is 6.08. The molecule has 1 aliphatic carbocycles. The lowest BCUT2D eigenvalue weighted by atomic mass is 9.88. The summed E-state index contributed by atoms with van der Waals surface area (Å²) >= 11 is 0. The number of allylic oxidation sites excluding steroid dienone is 2. The number of benzene rings is 2. The van der Waals surface area contributed by atoms with E-state index in [1.54, 1.807) is 0 Å². The Morgan fingerprint density at radius 3 is 2.14 bits per heavy atom. The average molecular weight is 505 g/mol. The van der Waals surface area contributed by atoms with Crippen molar-refractivity contribution in [1.82, 2.24) is 0 Å². The molecule has 0 saturated heterocycles. The summed E-state index contributed by atoms with van der Waals surface area (Å²) in [4.78, 5) is 12.5. The van der Waals surface area contributed by atoms with Gasteiger partial charge in [-0.3, -0.25) is 4.79 Å². The highest BCUT2D eigenvalue weighted by Gasteiger charge is 2.52. The molecule has 0 amide bonds. The van der Waals surface area contributed by atoms with Gasteiger partial charge in [0.1, 0.15) is 11.9 Å². The number of carbonyl (C=O) groups excluding carboxylic acids is 1. The molecular weight excluding hydrogens is 460 g/mol. The van der Waals surface area contributed by atoms with Gasteiger partial charge in [-0.15, -0.1) is 0 Å². The Balaban J connectivity index is 1.74. The van der Waals surface area contributed by atoms with Gasteiger partial charge >= 0.3 is 0 Å². The van der Waals surface area contributed by atoms with Crippen molar-refractivity contribution in [1.29, 1.82) is 0 Å². The minimum absolute atomic E-state index is 0.000705. The van der Waals surface area contributed by atoms with Crippen LogP contribution in [0.2, 0.25) is 5.04 Å². The van der Waals surface area contributed by atoms with Crippen LogP contribution in [0.3, 0.4) is 0 Å². The fourth-order valence-corrected chi connectivity index (χ4v) is 10.8. The van der Waals surface area contributed by atoms with Crippen molar-refractivity contribution in [3.63, 3.8) is 0 Å². The number of unbranched alkanes of at least 4 members (excludes halogenated alkanes) is 3. The Hall–Kier alpha value is -2.17. The molecule has 4 rings (SSSR count). The minimum atomic E-state index is -2.68. The molecule has 0 spiro atoms. The van der Waals surface area contributed by atoms with Crippen molar-refractivity contribution in [3.05, 3.63) is 72.0 Å². The molecule has 36 heavy (non-hydrogen) atoms. The van der Waals surface area contributed by atoms with Gasteiger partial charge < -0.3 is 9.16 Å². The van der Waals surface area contributed by atoms with Crippen LogP contribution in [0.4, 0.5) is 0 Å². The Bertz CT molecular complexity index is 983. The maximum absolute atomic E-state index is 12.5. The van der Waals surface area contributed by atoms with E-state index in [1.807, 2.05) is 0 Å². The fraction of sp³-hybridized carbons (Fsp3) is 0.531. The first kappa shape index (κ1) is 26.9. The number of carbonyl (C=O) groups is 1. The zero-order valence-corrected chi connectivity index (χ0v) is 23.7. The van der Waals surface area contributed by atoms with Crippen LogP contribution in [-0.4, -0.2) is 26.3 Å². The number of rotatable bonds is 10. The van der Waals surface area contributed by atoms with E-state index in [1.165, 1.54) is 29.6 Å². The topological polar surface area (TPSA) is 35.5 Å². The second kappa shape index (κ2) is 11.9. The molecule has 0 saturated carbocycles. The van der Waals surface area contributed by atoms with Crippen LogP contribution in [0.15, 0.2) is 72.0 Å². The third kappa shape index (κ3) is 5.70. The van der Waals surface area contributed by atoms with E-state index < -0.39 is 8.32 Å². The predicted octanol–water partition coefficient (Wildman–Crippen LogP) is 7.09. The molecule has 3 nitrogen and oxygen atoms in total. The molecule has 1 aliphatic heterocycles. The summed E-state index contributed by atoms with van der Waals surface area (Å²) in [7, 11) is -2.68. The summed E-state index contributed by atoms with van der Waals surface area (Å²) < 4.78 is 14.3. The highest BCUT2D eigenvalue weighted by molar-refractivity contribution is 6.99. The molecule has 1 heterocycles. The molecule has 0 fully saturated rings. The summed E-state index contributed by atoms with van der Waals surface area (Å²) in [5.74, 6) is 1.24. The second-order valence-electron chi connectivity index (χ2n) is 11.5. The lowest BCUT2D eigenvalue weighted by molar-refractivity contribution is -0.117. The van der Waals surface area contributed by atoms with Crippen LogP contribution < -0.4 is 10.4 Å². The van der Waals surface area contributed by atoms with Gasteiger partial charge in [0.15, 0.2) is 5.78 Å². The molecule has 2 atom stereocenters. The Morgan fingerprint density at radius 2 is 1.56 bits per heavy atom. The van der Waals surface area contributed by atoms with Crippen LogP contribution in [0.1, 0.15) is 91.9 Å². The zero-order valence-electron chi connectivity index (χ0n) is 22.7. The maximum atomic E-state index is 12.5. The first-order valence-electron chi connectivity index (χ1n) is 14.1. The van der Waals surface area contributed by atoms with E-state index in [-0.39, 0.29) is 17.2 Å². The van der Waals surface area contributed by atoms with Crippen molar-refractivity contribution in [3.8, 4) is 0 Å². The van der Waals surface area contributed by atoms with Crippen molar-refractivity contribution in [2.24, 2.45) is 0 Å². The Kier molecular flexibility index (Phi) is 8.90. The van der Waals surface area contributed by atoms with E-state index in [0.29, 0.717) is 12.2 Å². The van der Waals surface area contributed by atoms with E-state index in [2.05, 4.69) is 88.4 Å². The first-order valence-corrected chi connectivity index (χ1v) is 16.0. The molecule has 0 bridgehead atoms. The van der Waals surface area contributed by atoms with Crippen LogP contribution in [0, 0.1) is 0 Å². The van der Waals surface area contributed by atoms with Gasteiger partial charge in [0.25, 0.3) is 8.32 Å². The average Bonchev–Trinajstić information content (AvgIpc) is 2.89. The molecule has 4 heteroatoms. The lowest BCUT2D eigenvalue weighted by Gasteiger charge is -2.47. The first-order chi connectivity index (χ1) is 17.4. The summed E-state index contributed by atoms with van der Waals surface area (Å²) in [6.45, 7) is 9.29. The van der Waals surface area contributed by atoms with E-state index in [9.17, 15) is 4.79 Å². The summed E-state index contributed by atoms with van der Waals surface area (Å²) in [5, 5.41) is 2.55. The van der Waals surface area contributed by atoms with E-state index in [4.69, 9.17) is 9.16 Å². The van der Waals surface area contributed by atoms with E-state index >= 15 is 0 Å². The molecule has 2 aromatic rings. The van der Waals surface area contributed by atoms with Gasteiger partial charge in [-0.25, -0.2) is 0 Å². The largest absolute Gasteiger partial charge is 0.492 e. The van der Waals surface area contributed by atoms with Crippen LogP contribution in [0.5, 0.6) is 0 Å². The number of Topliss-reactive ketones (excluding diaryl/α,β-unsaturated/α-hetero) is 1. The highest BCUT2D eigenvalue weighted by Crippen LogP contribution is 2.41. The minimum Gasteiger partial charge on any atom is -0.492 e. The van der Waals surface area contributed by atoms with E-state index in [0.717, 1.165) is 49.9 Å². The van der Waals surface area contributed by atoms with Gasteiger partial charge in [-0.2, -0.15) is 0 Å². The maximum Gasteiger partial charge on any atom is 0.261 e. The summed E-state index contributed by atoms with van der Waals surface area (Å²) in [6.07, 6.45) is 9.97. The molecule has 0 aromatic heterocycles. The quantitative estimate of drug-likeness (QED) is 0.256. The smallest absolute Gasteiger partial charge is 0.261 e. The number of ether oxygens (including phenoxy) is 1. The van der Waals surface area contributed by atoms with Gasteiger partial charge in [0.05, 0.1) is 6.10 Å². The third-order valence-electron chi connectivity index (χ3n) is 7.96. The molecule has 1 unspecified atom stereocenters. The molecule has 2 aliphatic rings. The molecule has 194 valence electrons. The second-order valence-corrected chi connectivity index (χ2v) is 15.8. The van der Waals surface area contributed by atoms with Gasteiger partial charge in [0.2, 0.25) is 0 Å². The van der Waals surface area contributed by atoms with Crippen molar-refractivity contribution < 1.29 is 14.0 Å². The Labute approximate surface area is 219 Å². The van der Waals surface area contributed by atoms with Crippen molar-refractivity contribution in [2.45, 2.75) is 109 Å². The SMILES string of the molecule is CCCCCCC(O[Si](c1ccccc1)(c1ccccc1)C(C)(C)C)[C@@H]1CCC2=C(CCCC2=O)O1. The normalized spacial score (nSPS) is 19.6. The van der Waals surface area contributed by atoms with Crippen LogP contribution in [0.25, 0.3) is 0 Å². The third-order valence-corrected chi connectivity index (χ3v) is 13.0. The highest BCUT2D eigenvalue weighted by atomic mass is 28.4. The number of hydrogen-bond acceptors (Lipinski definition) is 3. The summed E-state index contributed by atoms with van der Waals surface area (Å²) in [5.41, 5.74) is 0.952. The standard InChI is InChI=1S/C32H44O3Si/c1-5-6-7-14-21-31(30-24-23-27-28(33)20-15-22-29(27)34-30)35-36(32(2,3)4,25-16-10-8-11-17-25)26-18-12-9-13-19-26/h8-13,16-19,30-31H,5-7,14-15,20-24H2,1-4H3/t30-,31?/m0/s1. The number of ketones is 1. The van der Waals surface area contributed by atoms with Gasteiger partial charge in [0, 0.05) is 18.4 Å². The molecule has 2 aromatic carbocycles. The monoisotopic (exact) mass is 504 g/mol. The molecular formula is C32H44O3Si. The van der Waals surface area contributed by atoms with Gasteiger partial charge in [-0.05, 0) is 41.1 Å². The van der Waals surface area contributed by atoms with Crippen molar-refractivity contribution in [2.75, 3.05) is 0 Å². The zero-order chi connectivity index (χ0) is 25.6. The Morgan fingerprint density at radius 1 is 0.917 bits per heavy atom.